The Labute approximate surface area is 85.5 Å². The van der Waals surface area contributed by atoms with E-state index >= 15 is 0 Å². The van der Waals surface area contributed by atoms with E-state index in [4.69, 9.17) is 0 Å². The zero-order chi connectivity index (χ0) is 10.0. The van der Waals surface area contributed by atoms with Crippen LogP contribution in [0.15, 0.2) is 12.3 Å². The molecular formula is C11H19N3. The van der Waals surface area contributed by atoms with Crippen molar-refractivity contribution in [1.82, 2.24) is 15.1 Å². The normalized spacial score (nSPS) is 19.3. The highest BCUT2D eigenvalue weighted by atomic mass is 15.2. The van der Waals surface area contributed by atoms with Crippen molar-refractivity contribution in [3.63, 3.8) is 0 Å². The molecule has 78 valence electrons. The second-order valence-electron chi connectivity index (χ2n) is 4.51. The molecule has 3 heteroatoms. The molecule has 1 aromatic rings. The predicted octanol–water partition coefficient (Wildman–Crippen LogP) is 1.35. The Bertz CT molecular complexity index is 299. The van der Waals surface area contributed by atoms with Gasteiger partial charge in [0.15, 0.2) is 0 Å². The fourth-order valence-corrected chi connectivity index (χ4v) is 2.34. The molecular weight excluding hydrogens is 174 g/mol. The summed E-state index contributed by atoms with van der Waals surface area (Å²) in [6.07, 6.45) is 5.75. The molecule has 2 heterocycles. The first-order valence-corrected chi connectivity index (χ1v) is 5.43. The van der Waals surface area contributed by atoms with Gasteiger partial charge in [0.05, 0.1) is 5.69 Å². The Balaban J connectivity index is 2.01. The predicted molar refractivity (Wildman–Crippen MR) is 57.1 cm³/mol. The third-order valence-electron chi connectivity index (χ3n) is 3.11. The molecule has 1 saturated heterocycles. The van der Waals surface area contributed by atoms with E-state index in [0.29, 0.717) is 5.41 Å². The van der Waals surface area contributed by atoms with Crippen molar-refractivity contribution in [2.24, 2.45) is 12.5 Å². The lowest BCUT2D eigenvalue weighted by Gasteiger charge is -2.42. The lowest BCUT2D eigenvalue weighted by molar-refractivity contribution is 0.149. The number of nitrogens with zero attached hydrogens (tertiary/aromatic N) is 2. The molecule has 1 aromatic heterocycles. The van der Waals surface area contributed by atoms with Gasteiger partial charge in [-0.2, -0.15) is 5.10 Å². The van der Waals surface area contributed by atoms with Gasteiger partial charge in [-0.3, -0.25) is 4.68 Å². The maximum absolute atomic E-state index is 4.45. The Kier molecular flexibility index (Phi) is 2.59. The van der Waals surface area contributed by atoms with Gasteiger partial charge >= 0.3 is 0 Å². The van der Waals surface area contributed by atoms with Crippen molar-refractivity contribution >= 4 is 0 Å². The number of aromatic nitrogens is 2. The molecule has 0 bridgehead atoms. The van der Waals surface area contributed by atoms with Crippen molar-refractivity contribution in [1.29, 1.82) is 0 Å². The summed E-state index contributed by atoms with van der Waals surface area (Å²) >= 11 is 0. The van der Waals surface area contributed by atoms with E-state index in [0.717, 1.165) is 19.5 Å². The van der Waals surface area contributed by atoms with Gasteiger partial charge in [0.2, 0.25) is 0 Å². The fourth-order valence-electron chi connectivity index (χ4n) is 2.34. The highest BCUT2D eigenvalue weighted by molar-refractivity contribution is 5.07. The van der Waals surface area contributed by atoms with Gasteiger partial charge in [-0.15, -0.1) is 0 Å². The number of rotatable bonds is 4. The fraction of sp³-hybridized carbons (Fsp3) is 0.727. The number of hydrogen-bond donors (Lipinski definition) is 1. The first-order chi connectivity index (χ1) is 6.74. The van der Waals surface area contributed by atoms with E-state index in [-0.39, 0.29) is 0 Å². The summed E-state index contributed by atoms with van der Waals surface area (Å²) in [5.41, 5.74) is 1.74. The molecule has 0 unspecified atom stereocenters. The number of nitrogens with one attached hydrogen (secondary N) is 1. The summed E-state index contributed by atoms with van der Waals surface area (Å²) in [5, 5.41) is 7.83. The zero-order valence-electron chi connectivity index (χ0n) is 9.08. The quantitative estimate of drug-likeness (QED) is 0.782. The van der Waals surface area contributed by atoms with Gasteiger partial charge in [0.1, 0.15) is 0 Å². The van der Waals surface area contributed by atoms with Crippen molar-refractivity contribution < 1.29 is 0 Å². The van der Waals surface area contributed by atoms with E-state index in [1.807, 2.05) is 17.9 Å². The van der Waals surface area contributed by atoms with Gasteiger partial charge in [-0.05, 0) is 18.9 Å². The summed E-state index contributed by atoms with van der Waals surface area (Å²) in [6.45, 7) is 4.59. The molecule has 1 aliphatic heterocycles. The highest BCUT2D eigenvalue weighted by Crippen LogP contribution is 2.32. The van der Waals surface area contributed by atoms with Gasteiger partial charge in [0.25, 0.3) is 0 Å². The largest absolute Gasteiger partial charge is 0.316 e. The minimum Gasteiger partial charge on any atom is -0.316 e. The van der Waals surface area contributed by atoms with Crippen LogP contribution < -0.4 is 5.32 Å². The maximum atomic E-state index is 4.45. The number of aryl methyl sites for hydroxylation is 1. The standard InChI is InChI=1S/C11H19N3/c1-3-5-11(8-12-9-11)7-10-4-6-14(2)13-10/h4,6,12H,3,5,7-9H2,1-2H3. The molecule has 0 aliphatic carbocycles. The first-order valence-electron chi connectivity index (χ1n) is 5.43. The van der Waals surface area contributed by atoms with Crippen molar-refractivity contribution in [2.75, 3.05) is 13.1 Å². The van der Waals surface area contributed by atoms with Crippen LogP contribution in [0.5, 0.6) is 0 Å². The van der Waals surface area contributed by atoms with Crippen LogP contribution in [0.4, 0.5) is 0 Å². The minimum atomic E-state index is 0.503. The lowest BCUT2D eigenvalue weighted by atomic mass is 9.74. The zero-order valence-corrected chi connectivity index (χ0v) is 9.08. The molecule has 0 spiro atoms. The monoisotopic (exact) mass is 193 g/mol. The SMILES string of the molecule is CCCC1(Cc2ccn(C)n2)CNC1. The second kappa shape index (κ2) is 3.73. The van der Waals surface area contributed by atoms with E-state index in [2.05, 4.69) is 23.4 Å². The molecule has 14 heavy (non-hydrogen) atoms. The van der Waals surface area contributed by atoms with Crippen LogP contribution in [0, 0.1) is 5.41 Å². The third-order valence-corrected chi connectivity index (χ3v) is 3.11. The molecule has 3 nitrogen and oxygen atoms in total. The van der Waals surface area contributed by atoms with Crippen LogP contribution in [0.1, 0.15) is 25.5 Å². The Morgan fingerprint density at radius 1 is 1.57 bits per heavy atom. The average Bonchev–Trinajstić information content (AvgIpc) is 2.48. The first kappa shape index (κ1) is 9.71. The van der Waals surface area contributed by atoms with E-state index in [1.165, 1.54) is 18.5 Å². The van der Waals surface area contributed by atoms with E-state index < -0.39 is 0 Å². The summed E-state index contributed by atoms with van der Waals surface area (Å²) < 4.78 is 1.89. The van der Waals surface area contributed by atoms with Crippen LogP contribution in [-0.4, -0.2) is 22.9 Å². The molecule has 1 N–H and O–H groups in total. The Morgan fingerprint density at radius 3 is 2.79 bits per heavy atom. The summed E-state index contributed by atoms with van der Waals surface area (Å²) in [4.78, 5) is 0. The van der Waals surface area contributed by atoms with Crippen LogP contribution in [0.3, 0.4) is 0 Å². The van der Waals surface area contributed by atoms with Crippen LogP contribution in [0.2, 0.25) is 0 Å². The molecule has 0 radical (unpaired) electrons. The smallest absolute Gasteiger partial charge is 0.0631 e. The Morgan fingerprint density at radius 2 is 2.36 bits per heavy atom. The van der Waals surface area contributed by atoms with Gasteiger partial charge in [0, 0.05) is 31.7 Å². The van der Waals surface area contributed by atoms with Gasteiger partial charge < -0.3 is 5.32 Å². The second-order valence-corrected chi connectivity index (χ2v) is 4.51. The molecule has 1 aliphatic rings. The van der Waals surface area contributed by atoms with Crippen molar-refractivity contribution in [2.45, 2.75) is 26.2 Å². The minimum absolute atomic E-state index is 0.503. The lowest BCUT2D eigenvalue weighted by Crippen LogP contribution is -2.54. The number of hydrogen-bond acceptors (Lipinski definition) is 2. The highest BCUT2D eigenvalue weighted by Gasteiger charge is 2.36. The van der Waals surface area contributed by atoms with Crippen LogP contribution >= 0.6 is 0 Å². The summed E-state index contributed by atoms with van der Waals surface area (Å²) in [7, 11) is 1.98. The Hall–Kier alpha value is -0.830. The van der Waals surface area contributed by atoms with Gasteiger partial charge in [-0.25, -0.2) is 0 Å². The maximum Gasteiger partial charge on any atom is 0.0631 e. The molecule has 1 fully saturated rings. The summed E-state index contributed by atoms with van der Waals surface area (Å²) in [5.74, 6) is 0. The van der Waals surface area contributed by atoms with Gasteiger partial charge in [-0.1, -0.05) is 13.3 Å². The van der Waals surface area contributed by atoms with Crippen molar-refractivity contribution in [3.05, 3.63) is 18.0 Å². The topological polar surface area (TPSA) is 29.9 Å². The van der Waals surface area contributed by atoms with E-state index in [9.17, 15) is 0 Å². The van der Waals surface area contributed by atoms with Crippen LogP contribution in [-0.2, 0) is 13.5 Å². The molecule has 2 rings (SSSR count). The van der Waals surface area contributed by atoms with E-state index in [1.54, 1.807) is 0 Å². The average molecular weight is 193 g/mol. The molecule has 0 amide bonds. The molecule has 0 atom stereocenters. The summed E-state index contributed by atoms with van der Waals surface area (Å²) in [6, 6.07) is 2.13. The molecule has 0 saturated carbocycles. The van der Waals surface area contributed by atoms with Crippen LogP contribution in [0.25, 0.3) is 0 Å². The third kappa shape index (κ3) is 1.82. The van der Waals surface area contributed by atoms with Crippen molar-refractivity contribution in [3.8, 4) is 0 Å². The molecule has 0 aromatic carbocycles.